The molecule has 0 spiro atoms. The van der Waals surface area contributed by atoms with Crippen LogP contribution < -0.4 is 10.5 Å². The van der Waals surface area contributed by atoms with Crippen LogP contribution in [0.4, 0.5) is 0 Å². The Hall–Kier alpha value is -2.44. The lowest BCUT2D eigenvalue weighted by molar-refractivity contribution is -0.116. The summed E-state index contributed by atoms with van der Waals surface area (Å²) in [5.74, 6) is -0.169. The van der Waals surface area contributed by atoms with E-state index in [-0.39, 0.29) is 10.8 Å². The Bertz CT molecular complexity index is 841. The minimum atomic E-state index is -3.67. The van der Waals surface area contributed by atoms with Crippen LogP contribution in [0, 0.1) is 6.92 Å². The Morgan fingerprint density at radius 3 is 2.50 bits per heavy atom. The molecule has 0 aromatic heterocycles. The fourth-order valence-electron chi connectivity index (χ4n) is 2.18. The van der Waals surface area contributed by atoms with Crippen LogP contribution in [-0.4, -0.2) is 20.9 Å². The molecule has 3 N–H and O–H groups in total. The number of hydrogen-bond acceptors (Lipinski definition) is 3. The van der Waals surface area contributed by atoms with Crippen LogP contribution in [0.2, 0.25) is 0 Å². The average Bonchev–Trinajstić information content (AvgIpc) is 2.53. The number of nitrogens with one attached hydrogen (secondary N) is 1. The second-order valence-corrected chi connectivity index (χ2v) is 7.04. The number of primary sulfonamides is 1. The third kappa shape index (κ3) is 5.64. The van der Waals surface area contributed by atoms with Crippen molar-refractivity contribution in [2.75, 3.05) is 6.54 Å². The lowest BCUT2D eigenvalue weighted by atomic mass is 10.1. The van der Waals surface area contributed by atoms with Gasteiger partial charge in [-0.3, -0.25) is 4.79 Å². The highest BCUT2D eigenvalue weighted by Crippen LogP contribution is 2.09. The average molecular weight is 344 g/mol. The van der Waals surface area contributed by atoms with Crippen molar-refractivity contribution in [2.24, 2.45) is 5.14 Å². The predicted molar refractivity (Wildman–Crippen MR) is 94.7 cm³/mol. The second kappa shape index (κ2) is 7.90. The summed E-state index contributed by atoms with van der Waals surface area (Å²) >= 11 is 0. The fraction of sp³-hybridized carbons (Fsp3) is 0.167. The molecule has 5 nitrogen and oxygen atoms in total. The minimum absolute atomic E-state index is 0.0800. The van der Waals surface area contributed by atoms with E-state index >= 15 is 0 Å². The van der Waals surface area contributed by atoms with E-state index in [9.17, 15) is 13.2 Å². The zero-order valence-corrected chi connectivity index (χ0v) is 14.2. The molecule has 0 saturated carbocycles. The maximum Gasteiger partial charge on any atom is 0.244 e. The molecule has 24 heavy (non-hydrogen) atoms. The van der Waals surface area contributed by atoms with E-state index in [0.29, 0.717) is 13.0 Å². The number of nitrogens with two attached hydrogens (primary N) is 1. The number of hydrogen-bond donors (Lipinski definition) is 2. The van der Waals surface area contributed by atoms with Crippen LogP contribution in [0.1, 0.15) is 16.7 Å². The van der Waals surface area contributed by atoms with Gasteiger partial charge in [0.15, 0.2) is 0 Å². The van der Waals surface area contributed by atoms with Crippen molar-refractivity contribution in [1.29, 1.82) is 0 Å². The van der Waals surface area contributed by atoms with E-state index in [1.54, 1.807) is 18.2 Å². The van der Waals surface area contributed by atoms with Crippen LogP contribution >= 0.6 is 0 Å². The molecule has 0 atom stereocenters. The van der Waals surface area contributed by atoms with Gasteiger partial charge in [-0.25, -0.2) is 13.6 Å². The van der Waals surface area contributed by atoms with Gasteiger partial charge in [-0.1, -0.05) is 42.0 Å². The molecule has 0 radical (unpaired) electrons. The monoisotopic (exact) mass is 344 g/mol. The van der Waals surface area contributed by atoms with Crippen LogP contribution in [0.3, 0.4) is 0 Å². The standard InChI is InChI=1S/C18H20N2O3S/c1-14-3-2-4-16(13-14)7-10-18(21)20-12-11-15-5-8-17(9-6-15)24(19,22)23/h2-10,13H,11-12H2,1H3,(H,20,21)(H2,19,22,23)/b10-7+. The molecule has 0 heterocycles. The Morgan fingerprint density at radius 1 is 1.17 bits per heavy atom. The number of carbonyl (C=O) groups excluding carboxylic acids is 1. The van der Waals surface area contributed by atoms with E-state index in [1.807, 2.05) is 31.2 Å². The fourth-order valence-corrected chi connectivity index (χ4v) is 2.70. The molecule has 2 aromatic carbocycles. The van der Waals surface area contributed by atoms with E-state index in [0.717, 1.165) is 16.7 Å². The van der Waals surface area contributed by atoms with Crippen LogP contribution in [0.15, 0.2) is 59.5 Å². The van der Waals surface area contributed by atoms with Crippen molar-refractivity contribution in [3.63, 3.8) is 0 Å². The molecule has 2 rings (SSSR count). The van der Waals surface area contributed by atoms with Crippen molar-refractivity contribution in [1.82, 2.24) is 5.32 Å². The predicted octanol–water partition coefficient (Wildman–Crippen LogP) is 2.01. The van der Waals surface area contributed by atoms with Crippen molar-refractivity contribution in [2.45, 2.75) is 18.2 Å². The van der Waals surface area contributed by atoms with Crippen molar-refractivity contribution < 1.29 is 13.2 Å². The number of amides is 1. The van der Waals surface area contributed by atoms with Crippen molar-refractivity contribution in [3.8, 4) is 0 Å². The van der Waals surface area contributed by atoms with E-state index in [1.165, 1.54) is 18.2 Å². The summed E-state index contributed by atoms with van der Waals surface area (Å²) in [7, 11) is -3.67. The first-order chi connectivity index (χ1) is 11.3. The Balaban J connectivity index is 1.82. The van der Waals surface area contributed by atoms with E-state index < -0.39 is 10.0 Å². The summed E-state index contributed by atoms with van der Waals surface area (Å²) in [5.41, 5.74) is 3.04. The third-order valence-electron chi connectivity index (χ3n) is 3.43. The van der Waals surface area contributed by atoms with E-state index in [2.05, 4.69) is 5.32 Å². The summed E-state index contributed by atoms with van der Waals surface area (Å²) in [4.78, 5) is 11.9. The third-order valence-corrected chi connectivity index (χ3v) is 4.36. The van der Waals surface area contributed by atoms with Gasteiger partial charge in [0.2, 0.25) is 15.9 Å². The van der Waals surface area contributed by atoms with Crippen LogP contribution in [0.5, 0.6) is 0 Å². The number of carbonyl (C=O) groups is 1. The molecule has 0 aliphatic carbocycles. The molecular weight excluding hydrogens is 324 g/mol. The normalized spacial score (nSPS) is 11.6. The van der Waals surface area contributed by atoms with E-state index in [4.69, 9.17) is 5.14 Å². The van der Waals surface area contributed by atoms with Gasteiger partial charge in [-0.15, -0.1) is 0 Å². The van der Waals surface area contributed by atoms with Crippen LogP contribution in [-0.2, 0) is 21.2 Å². The smallest absolute Gasteiger partial charge is 0.244 e. The van der Waals surface area contributed by atoms with Crippen molar-refractivity contribution in [3.05, 3.63) is 71.3 Å². The molecular formula is C18H20N2O3S. The first kappa shape index (κ1) is 17.9. The van der Waals surface area contributed by atoms with Gasteiger partial charge in [0.1, 0.15) is 0 Å². The number of aryl methyl sites for hydroxylation is 1. The van der Waals surface area contributed by atoms with Crippen molar-refractivity contribution >= 4 is 22.0 Å². The lowest BCUT2D eigenvalue weighted by Gasteiger charge is -2.04. The highest BCUT2D eigenvalue weighted by Gasteiger charge is 2.06. The zero-order chi connectivity index (χ0) is 17.6. The van der Waals surface area contributed by atoms with Gasteiger partial charge in [0, 0.05) is 12.6 Å². The minimum Gasteiger partial charge on any atom is -0.352 e. The molecule has 0 bridgehead atoms. The highest BCUT2D eigenvalue weighted by molar-refractivity contribution is 7.89. The van der Waals surface area contributed by atoms with Gasteiger partial charge >= 0.3 is 0 Å². The second-order valence-electron chi connectivity index (χ2n) is 5.48. The summed E-state index contributed by atoms with van der Waals surface area (Å²) in [6, 6.07) is 14.2. The molecule has 0 unspecified atom stereocenters. The first-order valence-electron chi connectivity index (χ1n) is 7.49. The Kier molecular flexibility index (Phi) is 5.89. The molecule has 1 amide bonds. The maximum atomic E-state index is 11.8. The summed E-state index contributed by atoms with van der Waals surface area (Å²) in [6.45, 7) is 2.46. The molecule has 0 aliphatic rings. The van der Waals surface area contributed by atoms with Gasteiger partial charge in [0.25, 0.3) is 0 Å². The first-order valence-corrected chi connectivity index (χ1v) is 9.03. The zero-order valence-electron chi connectivity index (χ0n) is 13.4. The topological polar surface area (TPSA) is 89.3 Å². The Morgan fingerprint density at radius 2 is 1.88 bits per heavy atom. The Labute approximate surface area is 142 Å². The largest absolute Gasteiger partial charge is 0.352 e. The SMILES string of the molecule is Cc1cccc(/C=C/C(=O)NCCc2ccc(S(N)(=O)=O)cc2)c1. The van der Waals surface area contributed by atoms with Gasteiger partial charge < -0.3 is 5.32 Å². The molecule has 0 aliphatic heterocycles. The molecule has 0 fully saturated rings. The lowest BCUT2D eigenvalue weighted by Crippen LogP contribution is -2.23. The highest BCUT2D eigenvalue weighted by atomic mass is 32.2. The molecule has 6 heteroatoms. The quantitative estimate of drug-likeness (QED) is 0.786. The number of sulfonamides is 1. The number of benzene rings is 2. The molecule has 0 saturated heterocycles. The summed E-state index contributed by atoms with van der Waals surface area (Å²) in [6.07, 6.45) is 3.87. The molecule has 2 aromatic rings. The van der Waals surface area contributed by atoms with Gasteiger partial charge in [0.05, 0.1) is 4.90 Å². The van der Waals surface area contributed by atoms with Gasteiger partial charge in [-0.05, 0) is 42.7 Å². The van der Waals surface area contributed by atoms with Gasteiger partial charge in [-0.2, -0.15) is 0 Å². The number of rotatable bonds is 6. The summed E-state index contributed by atoms with van der Waals surface area (Å²) < 4.78 is 22.3. The molecule has 126 valence electrons. The van der Waals surface area contributed by atoms with Crippen LogP contribution in [0.25, 0.3) is 6.08 Å². The summed E-state index contributed by atoms with van der Waals surface area (Å²) in [5, 5.41) is 7.84. The maximum absolute atomic E-state index is 11.8.